The molecule has 0 unspecified atom stereocenters. The van der Waals surface area contributed by atoms with Crippen molar-refractivity contribution in [1.29, 1.82) is 0 Å². The highest BCUT2D eigenvalue weighted by Crippen LogP contribution is 2.23. The van der Waals surface area contributed by atoms with Gasteiger partial charge in [0, 0.05) is 26.1 Å². The number of amides is 1. The van der Waals surface area contributed by atoms with Crippen molar-refractivity contribution in [3.63, 3.8) is 0 Å². The van der Waals surface area contributed by atoms with Gasteiger partial charge in [0.1, 0.15) is 11.0 Å². The lowest BCUT2D eigenvalue weighted by Gasteiger charge is -2.33. The SMILES string of the molecule is Cn1c(Cl)cnc1CN1CCC(C(=O)N2CCCCCC2)CC1. The number of aromatic nitrogens is 2. The second-order valence-electron chi connectivity index (χ2n) is 6.85. The van der Waals surface area contributed by atoms with Crippen molar-refractivity contribution in [2.75, 3.05) is 26.2 Å². The molecule has 5 nitrogen and oxygen atoms in total. The number of piperidine rings is 1. The van der Waals surface area contributed by atoms with Gasteiger partial charge in [0.25, 0.3) is 0 Å². The fourth-order valence-corrected chi connectivity index (χ4v) is 3.80. The third kappa shape index (κ3) is 4.07. The lowest BCUT2D eigenvalue weighted by molar-refractivity contribution is -0.137. The molecule has 0 aromatic carbocycles. The summed E-state index contributed by atoms with van der Waals surface area (Å²) in [5.41, 5.74) is 0. The van der Waals surface area contributed by atoms with Gasteiger partial charge >= 0.3 is 0 Å². The minimum absolute atomic E-state index is 0.217. The number of likely N-dealkylation sites (tertiary alicyclic amines) is 2. The molecule has 1 amide bonds. The van der Waals surface area contributed by atoms with E-state index in [2.05, 4.69) is 14.8 Å². The average molecular weight is 339 g/mol. The van der Waals surface area contributed by atoms with Crippen molar-refractivity contribution in [1.82, 2.24) is 19.4 Å². The maximum atomic E-state index is 12.7. The van der Waals surface area contributed by atoms with Crippen molar-refractivity contribution in [3.05, 3.63) is 17.2 Å². The van der Waals surface area contributed by atoms with Gasteiger partial charge in [-0.1, -0.05) is 24.4 Å². The van der Waals surface area contributed by atoms with E-state index in [4.69, 9.17) is 11.6 Å². The van der Waals surface area contributed by atoms with Crippen LogP contribution in [0.4, 0.5) is 0 Å². The van der Waals surface area contributed by atoms with Crippen LogP contribution < -0.4 is 0 Å². The van der Waals surface area contributed by atoms with Gasteiger partial charge in [0.2, 0.25) is 5.91 Å². The van der Waals surface area contributed by atoms with Crippen LogP contribution in [0.25, 0.3) is 0 Å². The van der Waals surface area contributed by atoms with Crippen LogP contribution in [0, 0.1) is 5.92 Å². The molecule has 0 bridgehead atoms. The van der Waals surface area contributed by atoms with Crippen LogP contribution in [0.15, 0.2) is 6.20 Å². The molecule has 2 saturated heterocycles. The van der Waals surface area contributed by atoms with Crippen LogP contribution in [0.3, 0.4) is 0 Å². The zero-order valence-electron chi connectivity index (χ0n) is 14.0. The van der Waals surface area contributed by atoms with E-state index in [0.717, 1.165) is 51.4 Å². The number of rotatable bonds is 3. The second kappa shape index (κ2) is 7.67. The maximum absolute atomic E-state index is 12.7. The zero-order chi connectivity index (χ0) is 16.2. The summed E-state index contributed by atoms with van der Waals surface area (Å²) in [6, 6.07) is 0. The molecule has 6 heteroatoms. The summed E-state index contributed by atoms with van der Waals surface area (Å²) >= 11 is 6.04. The number of hydrogen-bond acceptors (Lipinski definition) is 3. The molecule has 1 aromatic heterocycles. The van der Waals surface area contributed by atoms with Crippen LogP contribution >= 0.6 is 11.6 Å². The molecular formula is C17H27ClN4O. The molecule has 0 N–H and O–H groups in total. The minimum Gasteiger partial charge on any atom is -0.342 e. The summed E-state index contributed by atoms with van der Waals surface area (Å²) < 4.78 is 1.93. The Morgan fingerprint density at radius 2 is 1.83 bits per heavy atom. The summed E-state index contributed by atoms with van der Waals surface area (Å²) in [6.45, 7) is 4.67. The van der Waals surface area contributed by atoms with Crippen LogP contribution in [0.5, 0.6) is 0 Å². The molecule has 2 aliphatic heterocycles. The molecule has 128 valence electrons. The Hall–Kier alpha value is -1.07. The molecule has 2 fully saturated rings. The molecule has 0 saturated carbocycles. The van der Waals surface area contributed by atoms with E-state index in [1.54, 1.807) is 6.20 Å². The van der Waals surface area contributed by atoms with E-state index < -0.39 is 0 Å². The van der Waals surface area contributed by atoms with Crippen LogP contribution in [0.2, 0.25) is 5.15 Å². The largest absolute Gasteiger partial charge is 0.342 e. The van der Waals surface area contributed by atoms with Crippen LogP contribution in [-0.2, 0) is 18.4 Å². The maximum Gasteiger partial charge on any atom is 0.225 e. The Morgan fingerprint density at radius 3 is 2.39 bits per heavy atom. The standard InChI is InChI=1S/C17H27ClN4O/c1-20-15(18)12-19-16(20)13-21-10-6-14(7-11-21)17(23)22-8-4-2-3-5-9-22/h12,14H,2-11,13H2,1H3. The first-order chi connectivity index (χ1) is 11.1. The average Bonchev–Trinajstić information content (AvgIpc) is 2.79. The van der Waals surface area contributed by atoms with Crippen molar-refractivity contribution >= 4 is 17.5 Å². The molecule has 0 spiro atoms. The van der Waals surface area contributed by atoms with Crippen LogP contribution in [0.1, 0.15) is 44.3 Å². The van der Waals surface area contributed by atoms with Gasteiger partial charge < -0.3 is 9.47 Å². The first kappa shape index (κ1) is 16.8. The third-order valence-corrected chi connectivity index (χ3v) is 5.60. The number of carbonyl (C=O) groups excluding carboxylic acids is 1. The van der Waals surface area contributed by atoms with Gasteiger partial charge in [-0.05, 0) is 38.8 Å². The van der Waals surface area contributed by atoms with Gasteiger partial charge in [0.15, 0.2) is 0 Å². The van der Waals surface area contributed by atoms with E-state index in [9.17, 15) is 4.79 Å². The third-order valence-electron chi connectivity index (χ3n) is 5.25. The summed E-state index contributed by atoms with van der Waals surface area (Å²) in [4.78, 5) is 21.6. The summed E-state index contributed by atoms with van der Waals surface area (Å²) in [5, 5.41) is 0.672. The van der Waals surface area contributed by atoms with Gasteiger partial charge in [0.05, 0.1) is 12.7 Å². The zero-order valence-corrected chi connectivity index (χ0v) is 14.8. The summed E-state index contributed by atoms with van der Waals surface area (Å²) in [6.07, 6.45) is 8.52. The Labute approximate surface area is 143 Å². The van der Waals surface area contributed by atoms with Gasteiger partial charge in [-0.3, -0.25) is 9.69 Å². The topological polar surface area (TPSA) is 41.4 Å². The molecule has 23 heavy (non-hydrogen) atoms. The highest BCUT2D eigenvalue weighted by atomic mass is 35.5. The van der Waals surface area contributed by atoms with Gasteiger partial charge in [-0.15, -0.1) is 0 Å². The fraction of sp³-hybridized carbons (Fsp3) is 0.765. The van der Waals surface area contributed by atoms with Crippen molar-refractivity contribution in [2.24, 2.45) is 13.0 Å². The Bertz CT molecular complexity index is 529. The summed E-state index contributed by atoms with van der Waals surface area (Å²) in [5.74, 6) is 1.60. The monoisotopic (exact) mass is 338 g/mol. The summed E-state index contributed by atoms with van der Waals surface area (Å²) in [7, 11) is 1.94. The molecule has 0 aliphatic carbocycles. The Morgan fingerprint density at radius 1 is 1.17 bits per heavy atom. The lowest BCUT2D eigenvalue weighted by atomic mass is 9.95. The number of carbonyl (C=O) groups is 1. The molecular weight excluding hydrogens is 312 g/mol. The molecule has 2 aliphatic rings. The molecule has 3 heterocycles. The number of halogens is 1. The van der Waals surface area contributed by atoms with E-state index in [1.807, 2.05) is 11.6 Å². The quantitative estimate of drug-likeness (QED) is 0.851. The molecule has 1 aromatic rings. The van der Waals surface area contributed by atoms with Crippen molar-refractivity contribution in [2.45, 2.75) is 45.1 Å². The first-order valence-electron chi connectivity index (χ1n) is 8.82. The van der Waals surface area contributed by atoms with Gasteiger partial charge in [-0.25, -0.2) is 4.98 Å². The normalized spacial score (nSPS) is 21.4. The predicted molar refractivity (Wildman–Crippen MR) is 91.3 cm³/mol. The van der Waals surface area contributed by atoms with Crippen molar-refractivity contribution in [3.8, 4) is 0 Å². The van der Waals surface area contributed by atoms with Gasteiger partial charge in [-0.2, -0.15) is 0 Å². The van der Waals surface area contributed by atoms with E-state index >= 15 is 0 Å². The predicted octanol–water partition coefficient (Wildman–Crippen LogP) is 2.69. The number of hydrogen-bond donors (Lipinski definition) is 0. The Kier molecular flexibility index (Phi) is 5.59. The number of imidazole rings is 1. The minimum atomic E-state index is 0.217. The lowest BCUT2D eigenvalue weighted by Crippen LogP contribution is -2.42. The highest BCUT2D eigenvalue weighted by Gasteiger charge is 2.29. The van der Waals surface area contributed by atoms with E-state index in [0.29, 0.717) is 11.1 Å². The highest BCUT2D eigenvalue weighted by molar-refractivity contribution is 6.29. The molecule has 0 radical (unpaired) electrons. The first-order valence-corrected chi connectivity index (χ1v) is 9.20. The van der Waals surface area contributed by atoms with Crippen LogP contribution in [-0.4, -0.2) is 51.4 Å². The van der Waals surface area contributed by atoms with E-state index in [1.165, 1.54) is 25.7 Å². The fourth-order valence-electron chi connectivity index (χ4n) is 3.66. The van der Waals surface area contributed by atoms with Crippen molar-refractivity contribution < 1.29 is 4.79 Å². The second-order valence-corrected chi connectivity index (χ2v) is 7.23. The Balaban J connectivity index is 1.49. The molecule has 0 atom stereocenters. The number of nitrogens with zero attached hydrogens (tertiary/aromatic N) is 4. The smallest absolute Gasteiger partial charge is 0.225 e. The molecule has 3 rings (SSSR count). The van der Waals surface area contributed by atoms with E-state index in [-0.39, 0.29) is 5.92 Å².